The van der Waals surface area contributed by atoms with Crippen LogP contribution in [0.4, 0.5) is 13.6 Å². The highest BCUT2D eigenvalue weighted by molar-refractivity contribution is 5.92. The molecular weight excluding hydrogens is 550 g/mol. The van der Waals surface area contributed by atoms with Gasteiger partial charge in [-0.05, 0) is 27.8 Å². The molecule has 3 aromatic carbocycles. The van der Waals surface area contributed by atoms with Crippen LogP contribution in [-0.2, 0) is 30.5 Å². The molecule has 11 heteroatoms. The second-order valence-corrected chi connectivity index (χ2v) is 10.3. The summed E-state index contributed by atoms with van der Waals surface area (Å²) in [6.45, 7) is -1.38. The maximum absolute atomic E-state index is 14.1. The van der Waals surface area contributed by atoms with Crippen LogP contribution in [0.25, 0.3) is 11.1 Å². The number of fused-ring (bicyclic) bond motifs is 3. The molecule has 1 aliphatic carbocycles. The number of hydrogen-bond donors (Lipinski definition) is 2. The number of esters is 1. The van der Waals surface area contributed by atoms with Crippen molar-refractivity contribution < 1.29 is 42.5 Å². The Morgan fingerprint density at radius 2 is 1.50 bits per heavy atom. The molecule has 218 valence electrons. The van der Waals surface area contributed by atoms with Crippen LogP contribution in [0.3, 0.4) is 0 Å². The van der Waals surface area contributed by atoms with Crippen LogP contribution in [0.2, 0.25) is 0 Å². The van der Waals surface area contributed by atoms with Gasteiger partial charge >= 0.3 is 18.0 Å². The molecule has 9 nitrogen and oxygen atoms in total. The molecular formula is C31H28F2N2O7. The molecule has 1 aliphatic heterocycles. The molecule has 42 heavy (non-hydrogen) atoms. The number of benzene rings is 3. The number of halogens is 2. The molecule has 0 bridgehead atoms. The van der Waals surface area contributed by atoms with Crippen LogP contribution in [0.1, 0.15) is 35.4 Å². The van der Waals surface area contributed by atoms with Gasteiger partial charge in [0.05, 0.1) is 13.0 Å². The van der Waals surface area contributed by atoms with Crippen molar-refractivity contribution in [1.29, 1.82) is 0 Å². The van der Waals surface area contributed by atoms with Gasteiger partial charge in [0.1, 0.15) is 25.3 Å². The monoisotopic (exact) mass is 578 g/mol. The summed E-state index contributed by atoms with van der Waals surface area (Å²) in [4.78, 5) is 51.1. The molecule has 0 radical (unpaired) electrons. The minimum Gasteiger partial charge on any atom is -0.480 e. The minimum absolute atomic E-state index is 0.0985. The molecule has 3 aromatic rings. The zero-order chi connectivity index (χ0) is 29.9. The van der Waals surface area contributed by atoms with Gasteiger partial charge in [-0.1, -0.05) is 78.9 Å². The first-order valence-corrected chi connectivity index (χ1v) is 13.3. The Kier molecular flexibility index (Phi) is 8.19. The Morgan fingerprint density at radius 3 is 2.12 bits per heavy atom. The van der Waals surface area contributed by atoms with Gasteiger partial charge in [-0.3, -0.25) is 9.59 Å². The second kappa shape index (κ2) is 12.0. The molecule has 2 atom stereocenters. The quantitative estimate of drug-likeness (QED) is 0.362. The fraction of sp³-hybridized carbons (Fsp3) is 0.290. The topological polar surface area (TPSA) is 122 Å². The zero-order valence-electron chi connectivity index (χ0n) is 22.4. The van der Waals surface area contributed by atoms with Crippen molar-refractivity contribution in [2.24, 2.45) is 0 Å². The van der Waals surface area contributed by atoms with E-state index in [4.69, 9.17) is 9.47 Å². The van der Waals surface area contributed by atoms with E-state index in [1.807, 2.05) is 48.5 Å². The number of carbonyl (C=O) groups is 4. The van der Waals surface area contributed by atoms with Gasteiger partial charge < -0.3 is 24.8 Å². The first-order chi connectivity index (χ1) is 20.1. The Labute approximate surface area is 240 Å². The van der Waals surface area contributed by atoms with Crippen LogP contribution < -0.4 is 5.32 Å². The van der Waals surface area contributed by atoms with E-state index in [0.29, 0.717) is 10.5 Å². The van der Waals surface area contributed by atoms with E-state index >= 15 is 0 Å². The van der Waals surface area contributed by atoms with Gasteiger partial charge in [0, 0.05) is 12.3 Å². The fourth-order valence-electron chi connectivity index (χ4n) is 5.42. The molecule has 1 unspecified atom stereocenters. The van der Waals surface area contributed by atoms with Crippen LogP contribution in [-0.4, -0.2) is 65.1 Å². The lowest BCUT2D eigenvalue weighted by Gasteiger charge is -2.26. The molecule has 0 aromatic heterocycles. The highest BCUT2D eigenvalue weighted by Crippen LogP contribution is 2.44. The number of alkyl carbamates (subject to hydrolysis) is 1. The van der Waals surface area contributed by atoms with E-state index in [1.165, 1.54) is 0 Å². The standard InChI is InChI=1S/C31H28F2N2O7/c32-31(33)15-26(29(38)39)35(18-31)28(37)25(14-27(36)41-16-19-8-2-1-3-9-19)34-30(40)42-17-24-22-12-6-4-10-20(22)21-11-5-7-13-23(21)24/h1-13,24-26H,14-18H2,(H,34,40)(H,38,39)/t25-,26?/m0/s1. The summed E-state index contributed by atoms with van der Waals surface area (Å²) in [6.07, 6.45) is -2.86. The molecule has 0 saturated carbocycles. The van der Waals surface area contributed by atoms with Crippen LogP contribution in [0.15, 0.2) is 78.9 Å². The third-order valence-corrected chi connectivity index (χ3v) is 7.39. The minimum atomic E-state index is -3.44. The van der Waals surface area contributed by atoms with Crippen molar-refractivity contribution in [3.8, 4) is 11.1 Å². The average Bonchev–Trinajstić information content (AvgIpc) is 3.49. The fourth-order valence-corrected chi connectivity index (χ4v) is 5.42. The molecule has 0 spiro atoms. The number of rotatable bonds is 9. The van der Waals surface area contributed by atoms with Crippen molar-refractivity contribution >= 4 is 23.9 Å². The molecule has 5 rings (SSSR count). The maximum atomic E-state index is 14.1. The van der Waals surface area contributed by atoms with Crippen molar-refractivity contribution in [2.45, 2.75) is 43.4 Å². The normalized spacial score (nSPS) is 17.6. The van der Waals surface area contributed by atoms with Gasteiger partial charge in [0.2, 0.25) is 5.91 Å². The van der Waals surface area contributed by atoms with Crippen molar-refractivity contribution in [3.05, 3.63) is 95.6 Å². The predicted octanol–water partition coefficient (Wildman–Crippen LogP) is 4.35. The Morgan fingerprint density at radius 1 is 0.905 bits per heavy atom. The summed E-state index contributed by atoms with van der Waals surface area (Å²) in [7, 11) is 0. The number of aliphatic carboxylic acids is 1. The number of ether oxygens (including phenoxy) is 2. The summed E-state index contributed by atoms with van der Waals surface area (Å²) >= 11 is 0. The van der Waals surface area contributed by atoms with Crippen LogP contribution in [0.5, 0.6) is 0 Å². The number of carbonyl (C=O) groups excluding carboxylic acids is 3. The Bertz CT molecular complexity index is 1450. The van der Waals surface area contributed by atoms with E-state index in [9.17, 15) is 33.1 Å². The number of likely N-dealkylation sites (tertiary alicyclic amines) is 1. The van der Waals surface area contributed by atoms with Crippen LogP contribution in [0, 0.1) is 0 Å². The van der Waals surface area contributed by atoms with E-state index < -0.39 is 61.3 Å². The highest BCUT2D eigenvalue weighted by atomic mass is 19.3. The molecule has 2 N–H and O–H groups in total. The van der Waals surface area contributed by atoms with Crippen molar-refractivity contribution in [2.75, 3.05) is 13.2 Å². The van der Waals surface area contributed by atoms with Crippen molar-refractivity contribution in [1.82, 2.24) is 10.2 Å². The number of hydrogen-bond acceptors (Lipinski definition) is 6. The number of carboxylic acid groups (broad SMARTS) is 1. The first-order valence-electron chi connectivity index (χ1n) is 13.3. The number of alkyl halides is 2. The lowest BCUT2D eigenvalue weighted by Crippen LogP contribution is -2.53. The summed E-state index contributed by atoms with van der Waals surface area (Å²) in [5.74, 6) is -7.39. The van der Waals surface area contributed by atoms with E-state index in [-0.39, 0.29) is 19.1 Å². The Hall–Kier alpha value is -4.80. The van der Waals surface area contributed by atoms with E-state index in [0.717, 1.165) is 22.3 Å². The molecule has 2 amide bonds. The van der Waals surface area contributed by atoms with Gasteiger partial charge in [-0.2, -0.15) is 0 Å². The number of nitrogens with one attached hydrogen (secondary N) is 1. The maximum Gasteiger partial charge on any atom is 0.407 e. The lowest BCUT2D eigenvalue weighted by molar-refractivity contribution is -0.151. The molecule has 1 heterocycles. The Balaban J connectivity index is 1.30. The van der Waals surface area contributed by atoms with Gasteiger partial charge in [0.15, 0.2) is 0 Å². The summed E-state index contributed by atoms with van der Waals surface area (Å²) in [6, 6.07) is 20.5. The smallest absolute Gasteiger partial charge is 0.407 e. The van der Waals surface area contributed by atoms with Gasteiger partial charge in [0.25, 0.3) is 5.92 Å². The average molecular weight is 579 g/mol. The zero-order valence-corrected chi connectivity index (χ0v) is 22.4. The summed E-state index contributed by atoms with van der Waals surface area (Å²) in [5, 5.41) is 11.7. The van der Waals surface area contributed by atoms with E-state index in [1.54, 1.807) is 30.3 Å². The number of carboxylic acids is 1. The predicted molar refractivity (Wildman–Crippen MR) is 146 cm³/mol. The third kappa shape index (κ3) is 6.24. The lowest BCUT2D eigenvalue weighted by atomic mass is 9.98. The van der Waals surface area contributed by atoms with Gasteiger partial charge in [-0.25, -0.2) is 18.4 Å². The second-order valence-electron chi connectivity index (χ2n) is 10.3. The SMILES string of the molecule is O=C(C[C@H](NC(=O)OCC1c2ccccc2-c2ccccc21)C(=O)N1CC(F)(F)CC1C(=O)O)OCc1ccccc1. The van der Waals surface area contributed by atoms with Crippen LogP contribution >= 0.6 is 0 Å². The van der Waals surface area contributed by atoms with E-state index in [2.05, 4.69) is 5.32 Å². The number of nitrogens with zero attached hydrogens (tertiary/aromatic N) is 1. The van der Waals surface area contributed by atoms with Crippen molar-refractivity contribution in [3.63, 3.8) is 0 Å². The first kappa shape index (κ1) is 28.7. The summed E-state index contributed by atoms with van der Waals surface area (Å²) in [5.41, 5.74) is 4.58. The number of amides is 2. The highest BCUT2D eigenvalue weighted by Gasteiger charge is 2.51. The largest absolute Gasteiger partial charge is 0.480 e. The molecule has 2 aliphatic rings. The summed E-state index contributed by atoms with van der Waals surface area (Å²) < 4.78 is 39.0. The third-order valence-electron chi connectivity index (χ3n) is 7.39. The molecule has 1 fully saturated rings. The molecule has 1 saturated heterocycles. The van der Waals surface area contributed by atoms with Gasteiger partial charge in [-0.15, -0.1) is 0 Å².